The third-order valence-electron chi connectivity index (χ3n) is 4.67. The largest absolute Gasteiger partial charge is 0.310 e. The third-order valence-corrected chi connectivity index (χ3v) is 5.59. The van der Waals surface area contributed by atoms with Crippen LogP contribution < -0.4 is 5.32 Å². The lowest BCUT2D eigenvalue weighted by atomic mass is 10.1. The smallest absolute Gasteiger partial charge is 0.0767 e. The molecule has 3 rings (SSSR count). The Morgan fingerprint density at radius 1 is 1.25 bits per heavy atom. The molecular weight excluding hydrogens is 316 g/mol. The topological polar surface area (TPSA) is 33.1 Å². The Bertz CT molecular complexity index is 471. The highest BCUT2D eigenvalue weighted by Gasteiger charge is 2.30. The van der Waals surface area contributed by atoms with Crippen LogP contribution in [0.1, 0.15) is 44.5 Å². The summed E-state index contributed by atoms with van der Waals surface area (Å²) in [6.07, 6.45) is 4.99. The van der Waals surface area contributed by atoms with Crippen LogP contribution in [0.4, 0.5) is 0 Å². The van der Waals surface area contributed by atoms with Gasteiger partial charge in [-0.15, -0.1) is 0 Å². The summed E-state index contributed by atoms with van der Waals surface area (Å²) in [7, 11) is 0. The second-order valence-corrected chi connectivity index (χ2v) is 6.83. The fraction of sp³-hybridized carbons (Fsp3) is 0.800. The molecule has 112 valence electrons. The minimum absolute atomic E-state index is 0.699. The highest BCUT2D eigenvalue weighted by Crippen LogP contribution is 2.26. The molecule has 0 aliphatic carbocycles. The molecule has 0 radical (unpaired) electrons. The van der Waals surface area contributed by atoms with E-state index in [1.54, 1.807) is 0 Å². The molecule has 2 fully saturated rings. The fourth-order valence-corrected chi connectivity index (χ4v) is 4.23. The first kappa shape index (κ1) is 14.5. The SMILES string of the molecule is CCc1nn(CC)c(CN2CCC3CCC(C2)N3)c1Br. The fourth-order valence-electron chi connectivity index (χ4n) is 3.54. The van der Waals surface area contributed by atoms with Crippen LogP contribution in [-0.2, 0) is 19.5 Å². The minimum Gasteiger partial charge on any atom is -0.310 e. The Balaban J connectivity index is 1.75. The summed E-state index contributed by atoms with van der Waals surface area (Å²) in [5.41, 5.74) is 2.54. The average Bonchev–Trinajstić information content (AvgIpc) is 2.93. The van der Waals surface area contributed by atoms with Crippen molar-refractivity contribution >= 4 is 15.9 Å². The zero-order chi connectivity index (χ0) is 14.1. The minimum atomic E-state index is 0.699. The summed E-state index contributed by atoms with van der Waals surface area (Å²) in [6, 6.07) is 1.46. The van der Waals surface area contributed by atoms with Crippen LogP contribution in [-0.4, -0.2) is 39.9 Å². The molecule has 0 aromatic carbocycles. The van der Waals surface area contributed by atoms with Crippen molar-refractivity contribution in [3.05, 3.63) is 15.9 Å². The molecule has 1 aromatic heterocycles. The predicted molar refractivity (Wildman–Crippen MR) is 84.8 cm³/mol. The Hall–Kier alpha value is -0.390. The maximum Gasteiger partial charge on any atom is 0.0767 e. The number of aryl methyl sites for hydroxylation is 2. The van der Waals surface area contributed by atoms with E-state index in [4.69, 9.17) is 5.10 Å². The van der Waals surface area contributed by atoms with E-state index in [1.165, 1.54) is 48.2 Å². The molecule has 2 bridgehead atoms. The van der Waals surface area contributed by atoms with Gasteiger partial charge >= 0.3 is 0 Å². The van der Waals surface area contributed by atoms with E-state index in [-0.39, 0.29) is 0 Å². The van der Waals surface area contributed by atoms with Gasteiger partial charge in [-0.25, -0.2) is 0 Å². The molecule has 2 aliphatic rings. The molecule has 0 amide bonds. The van der Waals surface area contributed by atoms with Gasteiger partial charge in [0.05, 0.1) is 15.9 Å². The standard InChI is InChI=1S/C15H25BrN4/c1-3-13-15(16)14(20(4-2)18-13)10-19-8-7-11-5-6-12(9-19)17-11/h11-12,17H,3-10H2,1-2H3. The number of halogens is 1. The first-order valence-electron chi connectivity index (χ1n) is 7.93. The van der Waals surface area contributed by atoms with Crippen molar-refractivity contribution in [2.75, 3.05) is 13.1 Å². The van der Waals surface area contributed by atoms with Crippen molar-refractivity contribution in [1.82, 2.24) is 20.0 Å². The zero-order valence-electron chi connectivity index (χ0n) is 12.5. The van der Waals surface area contributed by atoms with Gasteiger partial charge in [0.2, 0.25) is 0 Å². The highest BCUT2D eigenvalue weighted by atomic mass is 79.9. The predicted octanol–water partition coefficient (Wildman–Crippen LogP) is 2.55. The average molecular weight is 341 g/mol. The van der Waals surface area contributed by atoms with Gasteiger partial charge in [-0.3, -0.25) is 9.58 Å². The van der Waals surface area contributed by atoms with Crippen molar-refractivity contribution < 1.29 is 0 Å². The van der Waals surface area contributed by atoms with Gasteiger partial charge in [-0.1, -0.05) is 6.92 Å². The Labute approximate surface area is 130 Å². The molecule has 3 heterocycles. The van der Waals surface area contributed by atoms with E-state index in [0.717, 1.165) is 25.6 Å². The van der Waals surface area contributed by atoms with Gasteiger partial charge < -0.3 is 5.32 Å². The highest BCUT2D eigenvalue weighted by molar-refractivity contribution is 9.10. The number of fused-ring (bicyclic) bond motifs is 2. The summed E-state index contributed by atoms with van der Waals surface area (Å²) in [4.78, 5) is 2.60. The molecule has 5 heteroatoms. The van der Waals surface area contributed by atoms with E-state index in [0.29, 0.717) is 6.04 Å². The van der Waals surface area contributed by atoms with Crippen LogP contribution in [0.5, 0.6) is 0 Å². The first-order chi connectivity index (χ1) is 9.71. The molecule has 2 saturated heterocycles. The summed E-state index contributed by atoms with van der Waals surface area (Å²) >= 11 is 3.76. The Kier molecular flexibility index (Phi) is 4.48. The van der Waals surface area contributed by atoms with Crippen molar-refractivity contribution in [2.24, 2.45) is 0 Å². The van der Waals surface area contributed by atoms with Crippen LogP contribution in [0.25, 0.3) is 0 Å². The molecule has 2 aliphatic heterocycles. The lowest BCUT2D eigenvalue weighted by Gasteiger charge is -2.24. The summed E-state index contributed by atoms with van der Waals surface area (Å²) in [6.45, 7) is 8.70. The molecule has 0 saturated carbocycles. The van der Waals surface area contributed by atoms with Gasteiger partial charge in [0, 0.05) is 38.3 Å². The lowest BCUT2D eigenvalue weighted by molar-refractivity contribution is 0.243. The third kappa shape index (κ3) is 2.81. The number of nitrogens with zero attached hydrogens (tertiary/aromatic N) is 3. The second kappa shape index (κ2) is 6.16. The first-order valence-corrected chi connectivity index (χ1v) is 8.73. The molecular formula is C15H25BrN4. The van der Waals surface area contributed by atoms with Crippen molar-refractivity contribution in [3.8, 4) is 0 Å². The number of nitrogens with one attached hydrogen (secondary N) is 1. The van der Waals surface area contributed by atoms with Crippen molar-refractivity contribution in [1.29, 1.82) is 0 Å². The quantitative estimate of drug-likeness (QED) is 0.914. The Morgan fingerprint density at radius 2 is 2.05 bits per heavy atom. The molecule has 2 unspecified atom stereocenters. The summed E-state index contributed by atoms with van der Waals surface area (Å²) < 4.78 is 3.39. The van der Waals surface area contributed by atoms with Crippen molar-refractivity contribution in [2.45, 2.75) is 64.7 Å². The van der Waals surface area contributed by atoms with Crippen LogP contribution in [0.2, 0.25) is 0 Å². The number of likely N-dealkylation sites (tertiary alicyclic amines) is 1. The molecule has 0 spiro atoms. The van der Waals surface area contributed by atoms with E-state index in [9.17, 15) is 0 Å². The van der Waals surface area contributed by atoms with Gasteiger partial charge in [-0.05, 0) is 48.5 Å². The molecule has 20 heavy (non-hydrogen) atoms. The van der Waals surface area contributed by atoms with Crippen molar-refractivity contribution in [3.63, 3.8) is 0 Å². The van der Waals surface area contributed by atoms with Crippen LogP contribution in [0.3, 0.4) is 0 Å². The van der Waals surface area contributed by atoms with Gasteiger partial charge in [0.15, 0.2) is 0 Å². The number of hydrogen-bond donors (Lipinski definition) is 1. The number of rotatable bonds is 4. The maximum absolute atomic E-state index is 4.71. The molecule has 1 N–H and O–H groups in total. The van der Waals surface area contributed by atoms with Gasteiger partial charge in [0.1, 0.15) is 0 Å². The summed E-state index contributed by atoms with van der Waals surface area (Å²) in [5, 5.41) is 8.46. The van der Waals surface area contributed by atoms with Crippen LogP contribution in [0.15, 0.2) is 4.47 Å². The van der Waals surface area contributed by atoms with E-state index < -0.39 is 0 Å². The van der Waals surface area contributed by atoms with E-state index in [2.05, 4.69) is 44.7 Å². The molecule has 2 atom stereocenters. The van der Waals surface area contributed by atoms with Crippen LogP contribution in [0, 0.1) is 0 Å². The Morgan fingerprint density at radius 3 is 2.80 bits per heavy atom. The molecule has 4 nitrogen and oxygen atoms in total. The zero-order valence-corrected chi connectivity index (χ0v) is 14.1. The second-order valence-electron chi connectivity index (χ2n) is 6.04. The number of hydrogen-bond acceptors (Lipinski definition) is 3. The lowest BCUT2D eigenvalue weighted by Crippen LogP contribution is -2.35. The molecule has 1 aromatic rings. The normalized spacial score (nSPS) is 26.9. The number of aromatic nitrogens is 2. The maximum atomic E-state index is 4.71. The van der Waals surface area contributed by atoms with Gasteiger partial charge in [-0.2, -0.15) is 5.10 Å². The van der Waals surface area contributed by atoms with E-state index >= 15 is 0 Å². The van der Waals surface area contributed by atoms with Gasteiger partial charge in [0.25, 0.3) is 0 Å². The van der Waals surface area contributed by atoms with Crippen LogP contribution >= 0.6 is 15.9 Å². The summed E-state index contributed by atoms with van der Waals surface area (Å²) in [5.74, 6) is 0. The monoisotopic (exact) mass is 340 g/mol. The van der Waals surface area contributed by atoms with E-state index in [1.807, 2.05) is 0 Å².